The fourth-order valence-corrected chi connectivity index (χ4v) is 4.35. The van der Waals surface area contributed by atoms with Gasteiger partial charge in [-0.15, -0.1) is 0 Å². The van der Waals surface area contributed by atoms with E-state index in [1.807, 2.05) is 29.2 Å². The molecule has 2 aliphatic heterocycles. The van der Waals surface area contributed by atoms with Crippen LogP contribution in [-0.4, -0.2) is 42.5 Å². The summed E-state index contributed by atoms with van der Waals surface area (Å²) in [4.78, 5) is 17.0. The van der Waals surface area contributed by atoms with E-state index in [1.165, 1.54) is 11.6 Å². The molecule has 0 saturated carbocycles. The highest BCUT2D eigenvalue weighted by molar-refractivity contribution is 5.97. The van der Waals surface area contributed by atoms with Crippen molar-refractivity contribution < 1.29 is 9.18 Å². The van der Waals surface area contributed by atoms with Crippen molar-refractivity contribution >= 4 is 11.6 Å². The molecular formula is C21H24FN3O. The molecule has 5 heteroatoms. The number of nitrogens with zero attached hydrogens (tertiary/aromatic N) is 2. The summed E-state index contributed by atoms with van der Waals surface area (Å²) in [6.07, 6.45) is 0.896. The number of hydrogen-bond donors (Lipinski definition) is 1. The number of likely N-dealkylation sites (tertiary alicyclic amines) is 1. The van der Waals surface area contributed by atoms with Crippen LogP contribution in [0.2, 0.25) is 0 Å². The van der Waals surface area contributed by atoms with Gasteiger partial charge >= 0.3 is 0 Å². The monoisotopic (exact) mass is 353 g/mol. The summed E-state index contributed by atoms with van der Waals surface area (Å²) in [5, 5.41) is 0. The van der Waals surface area contributed by atoms with Crippen LogP contribution in [0.4, 0.5) is 10.1 Å². The summed E-state index contributed by atoms with van der Waals surface area (Å²) in [7, 11) is 0. The van der Waals surface area contributed by atoms with Gasteiger partial charge in [-0.1, -0.05) is 30.3 Å². The van der Waals surface area contributed by atoms with Gasteiger partial charge in [0, 0.05) is 36.8 Å². The topological polar surface area (TPSA) is 49.6 Å². The first-order chi connectivity index (χ1) is 12.5. The Bertz CT molecular complexity index is 824. The average molecular weight is 353 g/mol. The molecule has 0 bridgehead atoms. The molecule has 1 fully saturated rings. The predicted octanol–water partition coefficient (Wildman–Crippen LogP) is 2.53. The second-order valence-electron chi connectivity index (χ2n) is 7.47. The molecule has 136 valence electrons. The van der Waals surface area contributed by atoms with E-state index in [2.05, 4.69) is 17.9 Å². The Morgan fingerprint density at radius 3 is 2.81 bits per heavy atom. The maximum atomic E-state index is 13.5. The van der Waals surface area contributed by atoms with Crippen LogP contribution >= 0.6 is 0 Å². The average Bonchev–Trinajstić information content (AvgIpc) is 3.13. The molecule has 2 heterocycles. The largest absolute Gasteiger partial charge is 0.326 e. The first-order valence-electron chi connectivity index (χ1n) is 9.16. The molecule has 2 N–H and O–H groups in total. The van der Waals surface area contributed by atoms with Gasteiger partial charge in [0.25, 0.3) is 0 Å². The van der Waals surface area contributed by atoms with E-state index in [-0.39, 0.29) is 29.7 Å². The van der Waals surface area contributed by atoms with Gasteiger partial charge in [0.1, 0.15) is 5.82 Å². The Labute approximate surface area is 153 Å². The molecule has 4 rings (SSSR count). The molecule has 2 aliphatic rings. The zero-order chi connectivity index (χ0) is 18.3. The molecule has 0 aromatic heterocycles. The van der Waals surface area contributed by atoms with Crippen molar-refractivity contribution in [2.24, 2.45) is 5.73 Å². The van der Waals surface area contributed by atoms with Crippen molar-refractivity contribution in [1.82, 2.24) is 4.90 Å². The highest BCUT2D eigenvalue weighted by Crippen LogP contribution is 2.32. The van der Waals surface area contributed by atoms with E-state index < -0.39 is 0 Å². The Morgan fingerprint density at radius 2 is 2.00 bits per heavy atom. The number of halogens is 1. The van der Waals surface area contributed by atoms with Gasteiger partial charge in [0.2, 0.25) is 5.91 Å². The highest BCUT2D eigenvalue weighted by Gasteiger charge is 2.36. The van der Waals surface area contributed by atoms with Gasteiger partial charge in [0.05, 0.1) is 6.54 Å². The normalized spacial score (nSPS) is 25.5. The lowest BCUT2D eigenvalue weighted by molar-refractivity contribution is -0.119. The number of para-hydroxylation sites is 1. The smallest absolute Gasteiger partial charge is 0.241 e. The first kappa shape index (κ1) is 17.2. The van der Waals surface area contributed by atoms with Gasteiger partial charge in [-0.25, -0.2) is 4.39 Å². The van der Waals surface area contributed by atoms with E-state index in [0.29, 0.717) is 19.6 Å². The molecule has 1 unspecified atom stereocenters. The third kappa shape index (κ3) is 3.13. The number of hydrogen-bond acceptors (Lipinski definition) is 3. The molecule has 0 spiro atoms. The van der Waals surface area contributed by atoms with Crippen LogP contribution in [0.15, 0.2) is 48.5 Å². The molecule has 1 saturated heterocycles. The number of nitrogens with two attached hydrogens (primary N) is 1. The van der Waals surface area contributed by atoms with Crippen molar-refractivity contribution in [3.63, 3.8) is 0 Å². The van der Waals surface area contributed by atoms with Crippen LogP contribution in [0, 0.1) is 5.82 Å². The molecule has 0 aliphatic carbocycles. The summed E-state index contributed by atoms with van der Waals surface area (Å²) in [5.41, 5.74) is 9.45. The highest BCUT2D eigenvalue weighted by atomic mass is 19.1. The van der Waals surface area contributed by atoms with E-state index in [4.69, 9.17) is 5.73 Å². The summed E-state index contributed by atoms with van der Waals surface area (Å²) in [6, 6.07) is 14.8. The lowest BCUT2D eigenvalue weighted by Crippen LogP contribution is -2.43. The molecular weight excluding hydrogens is 329 g/mol. The zero-order valence-corrected chi connectivity index (χ0v) is 14.9. The van der Waals surface area contributed by atoms with Crippen molar-refractivity contribution in [3.05, 3.63) is 65.5 Å². The van der Waals surface area contributed by atoms with Gasteiger partial charge in [-0.2, -0.15) is 0 Å². The second-order valence-corrected chi connectivity index (χ2v) is 7.47. The minimum absolute atomic E-state index is 0.0572. The van der Waals surface area contributed by atoms with Crippen molar-refractivity contribution in [3.8, 4) is 0 Å². The van der Waals surface area contributed by atoms with Crippen LogP contribution in [0.1, 0.15) is 24.0 Å². The van der Waals surface area contributed by atoms with E-state index in [9.17, 15) is 9.18 Å². The number of carbonyl (C=O) groups is 1. The summed E-state index contributed by atoms with van der Waals surface area (Å²) in [6.45, 7) is 3.76. The number of rotatable bonds is 3. The lowest BCUT2D eigenvalue weighted by atomic mass is 9.95. The van der Waals surface area contributed by atoms with Crippen molar-refractivity contribution in [2.45, 2.75) is 31.3 Å². The maximum absolute atomic E-state index is 13.5. The van der Waals surface area contributed by atoms with Gasteiger partial charge < -0.3 is 10.6 Å². The Morgan fingerprint density at radius 1 is 1.19 bits per heavy atom. The van der Waals surface area contributed by atoms with Crippen LogP contribution in [0.25, 0.3) is 0 Å². The molecule has 4 nitrogen and oxygen atoms in total. The number of carbonyl (C=O) groups excluding carboxylic acids is 1. The summed E-state index contributed by atoms with van der Waals surface area (Å²) >= 11 is 0. The summed E-state index contributed by atoms with van der Waals surface area (Å²) in [5.74, 6) is -0.0805. The van der Waals surface area contributed by atoms with E-state index in [1.54, 1.807) is 12.1 Å². The minimum Gasteiger partial charge on any atom is -0.326 e. The SMILES string of the molecule is CC1Cc2ccccc2N1C(=O)CN1C[C@@H](N)[C@H](c2cccc(F)c2)C1. The van der Waals surface area contributed by atoms with Gasteiger partial charge in [-0.05, 0) is 42.7 Å². The molecule has 3 atom stereocenters. The number of fused-ring (bicyclic) bond motifs is 1. The second kappa shape index (κ2) is 6.82. The summed E-state index contributed by atoms with van der Waals surface area (Å²) < 4.78 is 13.5. The van der Waals surface area contributed by atoms with Gasteiger partial charge in [-0.3, -0.25) is 9.69 Å². The van der Waals surface area contributed by atoms with Crippen LogP contribution in [0.5, 0.6) is 0 Å². The van der Waals surface area contributed by atoms with Gasteiger partial charge in [0.15, 0.2) is 0 Å². The fourth-order valence-electron chi connectivity index (χ4n) is 4.35. The number of benzene rings is 2. The van der Waals surface area contributed by atoms with E-state index >= 15 is 0 Å². The molecule has 2 aromatic rings. The molecule has 1 amide bonds. The molecule has 0 radical (unpaired) electrons. The van der Waals surface area contributed by atoms with Crippen molar-refractivity contribution in [2.75, 3.05) is 24.5 Å². The third-order valence-electron chi connectivity index (χ3n) is 5.55. The molecule has 2 aromatic carbocycles. The predicted molar refractivity (Wildman–Crippen MR) is 101 cm³/mol. The number of amides is 1. The maximum Gasteiger partial charge on any atom is 0.241 e. The Balaban J connectivity index is 1.46. The van der Waals surface area contributed by atoms with Crippen LogP contribution < -0.4 is 10.6 Å². The Kier molecular flexibility index (Phi) is 4.51. The van der Waals surface area contributed by atoms with Crippen molar-refractivity contribution in [1.29, 1.82) is 0 Å². The quantitative estimate of drug-likeness (QED) is 0.923. The third-order valence-corrected chi connectivity index (χ3v) is 5.55. The number of anilines is 1. The van der Waals surface area contributed by atoms with Crippen LogP contribution in [-0.2, 0) is 11.2 Å². The first-order valence-corrected chi connectivity index (χ1v) is 9.16. The fraction of sp³-hybridized carbons (Fsp3) is 0.381. The Hall–Kier alpha value is -2.24. The lowest BCUT2D eigenvalue weighted by Gasteiger charge is -2.25. The zero-order valence-electron chi connectivity index (χ0n) is 14.9. The standard InChI is InChI=1S/C21H24FN3O/c1-14-9-16-5-2-3-8-20(16)25(14)21(26)13-24-11-18(19(23)12-24)15-6-4-7-17(22)10-15/h2-8,10,14,18-19H,9,11-13,23H2,1H3/t14?,18-,19+/m0/s1. The van der Waals surface area contributed by atoms with Crippen LogP contribution in [0.3, 0.4) is 0 Å². The van der Waals surface area contributed by atoms with E-state index in [0.717, 1.165) is 17.7 Å². The minimum atomic E-state index is -0.244. The molecule has 26 heavy (non-hydrogen) atoms.